The van der Waals surface area contributed by atoms with Crippen molar-refractivity contribution in [3.63, 3.8) is 0 Å². The van der Waals surface area contributed by atoms with Crippen molar-refractivity contribution in [1.82, 2.24) is 9.62 Å². The normalized spacial score (nSPS) is 15.0. The largest absolute Gasteiger partial charge is 0.387 e. The molecule has 0 saturated heterocycles. The Kier molecular flexibility index (Phi) is 6.15. The van der Waals surface area contributed by atoms with Crippen molar-refractivity contribution in [2.24, 2.45) is 0 Å². The minimum atomic E-state index is -3.42. The molecule has 0 spiro atoms. The lowest BCUT2D eigenvalue weighted by molar-refractivity contribution is 0.0460. The molecule has 120 valence electrons. The topological polar surface area (TPSA) is 81.7 Å². The van der Waals surface area contributed by atoms with Crippen LogP contribution in [0, 0.1) is 0 Å². The third-order valence-corrected chi connectivity index (χ3v) is 4.39. The SMILES string of the molecule is CCNS(=O)(=O)c1ccc(NCC(C)(O)CN(C)C)cc1. The molecule has 0 aromatic heterocycles. The lowest BCUT2D eigenvalue weighted by Crippen LogP contribution is -2.43. The summed E-state index contributed by atoms with van der Waals surface area (Å²) in [7, 11) is 0.375. The maximum Gasteiger partial charge on any atom is 0.240 e. The van der Waals surface area contributed by atoms with E-state index in [1.54, 1.807) is 38.1 Å². The van der Waals surface area contributed by atoms with Crippen molar-refractivity contribution >= 4 is 15.7 Å². The van der Waals surface area contributed by atoms with Gasteiger partial charge in [0.2, 0.25) is 10.0 Å². The highest BCUT2D eigenvalue weighted by Gasteiger charge is 2.21. The highest BCUT2D eigenvalue weighted by Crippen LogP contribution is 2.15. The zero-order valence-corrected chi connectivity index (χ0v) is 13.9. The number of anilines is 1. The zero-order chi connectivity index (χ0) is 16.1. The van der Waals surface area contributed by atoms with Gasteiger partial charge in [0.05, 0.1) is 10.5 Å². The van der Waals surface area contributed by atoms with Crippen LogP contribution in [0.3, 0.4) is 0 Å². The Bertz CT molecular complexity index is 539. The molecule has 21 heavy (non-hydrogen) atoms. The molecule has 0 heterocycles. The highest BCUT2D eigenvalue weighted by atomic mass is 32.2. The molecule has 3 N–H and O–H groups in total. The third-order valence-electron chi connectivity index (χ3n) is 2.83. The number of hydrogen-bond acceptors (Lipinski definition) is 5. The first-order valence-corrected chi connectivity index (χ1v) is 8.35. The van der Waals surface area contributed by atoms with E-state index in [0.717, 1.165) is 5.69 Å². The summed E-state index contributed by atoms with van der Waals surface area (Å²) in [5.41, 5.74) is -0.0950. The average molecular weight is 315 g/mol. The molecule has 0 bridgehead atoms. The zero-order valence-electron chi connectivity index (χ0n) is 13.0. The second kappa shape index (κ2) is 7.22. The van der Waals surface area contributed by atoms with Crippen molar-refractivity contribution in [2.45, 2.75) is 24.3 Å². The van der Waals surface area contributed by atoms with Gasteiger partial charge in [-0.2, -0.15) is 0 Å². The average Bonchev–Trinajstić information content (AvgIpc) is 2.35. The van der Waals surface area contributed by atoms with Gasteiger partial charge in [0, 0.05) is 25.3 Å². The van der Waals surface area contributed by atoms with Crippen LogP contribution in [0.4, 0.5) is 5.69 Å². The molecule has 0 aliphatic heterocycles. The van der Waals surface area contributed by atoms with E-state index < -0.39 is 15.6 Å². The van der Waals surface area contributed by atoms with Gasteiger partial charge in [-0.3, -0.25) is 0 Å². The standard InChI is InChI=1S/C14H25N3O3S/c1-5-16-21(19,20)13-8-6-12(7-9-13)15-10-14(2,18)11-17(3)4/h6-9,15-16,18H,5,10-11H2,1-4H3. The van der Waals surface area contributed by atoms with Gasteiger partial charge in [-0.15, -0.1) is 0 Å². The van der Waals surface area contributed by atoms with E-state index in [1.807, 2.05) is 19.0 Å². The van der Waals surface area contributed by atoms with Crippen LogP contribution < -0.4 is 10.0 Å². The van der Waals surface area contributed by atoms with Crippen LogP contribution in [0.1, 0.15) is 13.8 Å². The van der Waals surface area contributed by atoms with Gasteiger partial charge in [-0.05, 0) is 45.3 Å². The number of nitrogens with one attached hydrogen (secondary N) is 2. The summed E-state index contributed by atoms with van der Waals surface area (Å²) in [5.74, 6) is 0. The fraction of sp³-hybridized carbons (Fsp3) is 0.571. The Hall–Kier alpha value is -1.15. The van der Waals surface area contributed by atoms with Crippen LogP contribution in [-0.2, 0) is 10.0 Å². The molecule has 0 fully saturated rings. The minimum Gasteiger partial charge on any atom is -0.387 e. The van der Waals surface area contributed by atoms with Crippen LogP contribution in [0.15, 0.2) is 29.2 Å². The first kappa shape index (κ1) is 17.9. The molecule has 1 rings (SSSR count). The van der Waals surface area contributed by atoms with E-state index in [-0.39, 0.29) is 4.90 Å². The van der Waals surface area contributed by atoms with Gasteiger partial charge in [0.1, 0.15) is 0 Å². The first-order chi connectivity index (χ1) is 9.66. The molecule has 0 aliphatic rings. The number of sulfonamides is 1. The smallest absolute Gasteiger partial charge is 0.240 e. The molecule has 1 atom stereocenters. The summed E-state index contributed by atoms with van der Waals surface area (Å²) in [6.45, 7) is 4.76. The second-order valence-corrected chi connectivity index (χ2v) is 7.38. The maximum atomic E-state index is 11.8. The van der Waals surface area contributed by atoms with Crippen LogP contribution in [-0.4, -0.2) is 57.8 Å². The van der Waals surface area contributed by atoms with Gasteiger partial charge in [0.15, 0.2) is 0 Å². The fourth-order valence-electron chi connectivity index (χ4n) is 2.05. The van der Waals surface area contributed by atoms with Crippen molar-refractivity contribution in [3.8, 4) is 0 Å². The lowest BCUT2D eigenvalue weighted by Gasteiger charge is -2.27. The van der Waals surface area contributed by atoms with Crippen molar-refractivity contribution in [2.75, 3.05) is 39.0 Å². The summed E-state index contributed by atoms with van der Waals surface area (Å²) in [5, 5.41) is 13.3. The number of aliphatic hydroxyl groups is 1. The number of hydrogen-bond donors (Lipinski definition) is 3. The van der Waals surface area contributed by atoms with Crippen molar-refractivity contribution in [3.05, 3.63) is 24.3 Å². The first-order valence-electron chi connectivity index (χ1n) is 6.87. The molecular weight excluding hydrogens is 290 g/mol. The van der Waals surface area contributed by atoms with Gasteiger partial charge in [0.25, 0.3) is 0 Å². The van der Waals surface area contributed by atoms with Gasteiger partial charge in [-0.25, -0.2) is 13.1 Å². The van der Waals surface area contributed by atoms with Crippen molar-refractivity contribution in [1.29, 1.82) is 0 Å². The van der Waals surface area contributed by atoms with Crippen LogP contribution in [0.2, 0.25) is 0 Å². The Morgan fingerprint density at radius 3 is 2.29 bits per heavy atom. The van der Waals surface area contributed by atoms with E-state index in [4.69, 9.17) is 0 Å². The molecule has 0 amide bonds. The van der Waals surface area contributed by atoms with E-state index in [0.29, 0.717) is 19.6 Å². The van der Waals surface area contributed by atoms with Gasteiger partial charge >= 0.3 is 0 Å². The highest BCUT2D eigenvalue weighted by molar-refractivity contribution is 7.89. The van der Waals surface area contributed by atoms with Crippen molar-refractivity contribution < 1.29 is 13.5 Å². The Labute approximate surface area is 127 Å². The molecule has 0 aliphatic carbocycles. The second-order valence-electron chi connectivity index (χ2n) is 5.61. The molecule has 6 nitrogen and oxygen atoms in total. The predicted octanol–water partition coefficient (Wildman–Crippen LogP) is 0.709. The van der Waals surface area contributed by atoms with E-state index in [9.17, 15) is 13.5 Å². The molecule has 0 radical (unpaired) electrons. The van der Waals surface area contributed by atoms with E-state index in [1.165, 1.54) is 0 Å². The van der Waals surface area contributed by atoms with Crippen LogP contribution in [0.5, 0.6) is 0 Å². The number of benzene rings is 1. The Balaban J connectivity index is 2.68. The summed E-state index contributed by atoms with van der Waals surface area (Å²) in [6.07, 6.45) is 0. The quantitative estimate of drug-likeness (QED) is 0.658. The maximum absolute atomic E-state index is 11.8. The molecule has 1 aromatic carbocycles. The third kappa shape index (κ3) is 6.01. The Morgan fingerprint density at radius 2 is 1.81 bits per heavy atom. The number of nitrogens with zero attached hydrogens (tertiary/aromatic N) is 1. The number of likely N-dealkylation sites (N-methyl/N-ethyl adjacent to an activating group) is 1. The summed E-state index contributed by atoms with van der Waals surface area (Å²) in [4.78, 5) is 2.14. The monoisotopic (exact) mass is 315 g/mol. The Morgan fingerprint density at radius 1 is 1.24 bits per heavy atom. The van der Waals surface area contributed by atoms with Gasteiger partial charge < -0.3 is 15.3 Å². The van der Waals surface area contributed by atoms with E-state index in [2.05, 4.69) is 10.0 Å². The van der Waals surface area contributed by atoms with E-state index >= 15 is 0 Å². The van der Waals surface area contributed by atoms with Gasteiger partial charge in [-0.1, -0.05) is 6.92 Å². The summed E-state index contributed by atoms with van der Waals surface area (Å²) >= 11 is 0. The molecule has 7 heteroatoms. The number of rotatable bonds is 8. The van der Waals surface area contributed by atoms with Crippen LogP contribution in [0.25, 0.3) is 0 Å². The molecule has 1 aromatic rings. The fourth-order valence-corrected chi connectivity index (χ4v) is 3.10. The minimum absolute atomic E-state index is 0.231. The van der Waals surface area contributed by atoms with Crippen LogP contribution >= 0.6 is 0 Å². The summed E-state index contributed by atoms with van der Waals surface area (Å²) in [6, 6.07) is 6.47. The molecule has 0 saturated carbocycles. The predicted molar refractivity (Wildman–Crippen MR) is 85.0 cm³/mol. The molecule has 1 unspecified atom stereocenters. The summed E-state index contributed by atoms with van der Waals surface area (Å²) < 4.78 is 26.1. The molecular formula is C14H25N3O3S. The lowest BCUT2D eigenvalue weighted by atomic mass is 10.1.